The lowest BCUT2D eigenvalue weighted by atomic mass is 10.1. The first kappa shape index (κ1) is 12.8. The molecule has 0 aliphatic heterocycles. The van der Waals surface area contributed by atoms with E-state index in [0.717, 1.165) is 6.61 Å². The van der Waals surface area contributed by atoms with E-state index in [1.807, 2.05) is 7.05 Å². The first-order valence-electron chi connectivity index (χ1n) is 3.38. The molecule has 0 radical (unpaired) electrons. The molecule has 0 heterocycles. The average molecular weight is 168 g/mol. The summed E-state index contributed by atoms with van der Waals surface area (Å²) in [6.07, 6.45) is 0. The van der Waals surface area contributed by atoms with Gasteiger partial charge >= 0.3 is 0 Å². The SMILES string of the molecule is CN[C@H](COC)C(C)C.Cl. The molecule has 10 heavy (non-hydrogen) atoms. The van der Waals surface area contributed by atoms with Gasteiger partial charge in [0.2, 0.25) is 0 Å². The number of rotatable bonds is 4. The molecule has 0 aromatic rings. The van der Waals surface area contributed by atoms with E-state index in [0.29, 0.717) is 12.0 Å². The van der Waals surface area contributed by atoms with E-state index < -0.39 is 0 Å². The van der Waals surface area contributed by atoms with E-state index in [9.17, 15) is 0 Å². The summed E-state index contributed by atoms with van der Waals surface area (Å²) in [6.45, 7) is 5.16. The van der Waals surface area contributed by atoms with Crippen molar-refractivity contribution in [2.75, 3.05) is 20.8 Å². The molecule has 0 unspecified atom stereocenters. The Labute approximate surface area is 69.7 Å². The van der Waals surface area contributed by atoms with Crippen molar-refractivity contribution in [3.63, 3.8) is 0 Å². The molecule has 0 rings (SSSR count). The quantitative estimate of drug-likeness (QED) is 0.682. The van der Waals surface area contributed by atoms with Crippen LogP contribution in [0.25, 0.3) is 0 Å². The minimum atomic E-state index is 0. The van der Waals surface area contributed by atoms with E-state index >= 15 is 0 Å². The summed E-state index contributed by atoms with van der Waals surface area (Å²) in [6, 6.07) is 0.495. The molecule has 0 aliphatic carbocycles. The van der Waals surface area contributed by atoms with Crippen LogP contribution in [0, 0.1) is 5.92 Å². The third kappa shape index (κ3) is 5.03. The molecule has 1 atom stereocenters. The molecule has 0 fully saturated rings. The van der Waals surface area contributed by atoms with E-state index in [1.165, 1.54) is 0 Å². The number of likely N-dealkylation sites (N-methyl/N-ethyl adjacent to an activating group) is 1. The van der Waals surface area contributed by atoms with Gasteiger partial charge < -0.3 is 10.1 Å². The van der Waals surface area contributed by atoms with Gasteiger partial charge in [-0.1, -0.05) is 13.8 Å². The summed E-state index contributed by atoms with van der Waals surface area (Å²) in [4.78, 5) is 0. The minimum absolute atomic E-state index is 0. The van der Waals surface area contributed by atoms with Crippen LogP contribution in [0.4, 0.5) is 0 Å². The summed E-state index contributed by atoms with van der Waals surface area (Å²) in [5, 5.41) is 3.18. The topological polar surface area (TPSA) is 21.3 Å². The molecule has 0 saturated carbocycles. The highest BCUT2D eigenvalue weighted by Crippen LogP contribution is 1.99. The third-order valence-corrected chi connectivity index (χ3v) is 1.52. The van der Waals surface area contributed by atoms with Crippen molar-refractivity contribution in [2.24, 2.45) is 5.92 Å². The van der Waals surface area contributed by atoms with Gasteiger partial charge in [-0.25, -0.2) is 0 Å². The standard InChI is InChI=1S/C7H17NO.ClH/c1-6(2)7(8-3)5-9-4;/h6-8H,5H2,1-4H3;1H/t7-;/m1./s1. The lowest BCUT2D eigenvalue weighted by Crippen LogP contribution is -2.34. The number of hydrogen-bond acceptors (Lipinski definition) is 2. The summed E-state index contributed by atoms with van der Waals surface area (Å²) in [5.74, 6) is 0.648. The maximum Gasteiger partial charge on any atom is 0.0618 e. The third-order valence-electron chi connectivity index (χ3n) is 1.52. The number of hydrogen-bond donors (Lipinski definition) is 1. The molecular weight excluding hydrogens is 150 g/mol. The highest BCUT2D eigenvalue weighted by molar-refractivity contribution is 5.85. The van der Waals surface area contributed by atoms with Crippen molar-refractivity contribution in [3.8, 4) is 0 Å². The smallest absolute Gasteiger partial charge is 0.0618 e. The predicted molar refractivity (Wildman–Crippen MR) is 46.8 cm³/mol. The predicted octanol–water partition coefficient (Wildman–Crippen LogP) is 1.30. The molecule has 0 saturated heterocycles. The van der Waals surface area contributed by atoms with Crippen LogP contribution in [0.2, 0.25) is 0 Å². The monoisotopic (exact) mass is 167 g/mol. The Morgan fingerprint density at radius 3 is 2.00 bits per heavy atom. The maximum atomic E-state index is 4.99. The van der Waals surface area contributed by atoms with Crippen LogP contribution < -0.4 is 5.32 Å². The van der Waals surface area contributed by atoms with Crippen molar-refractivity contribution >= 4 is 12.4 Å². The molecule has 0 bridgehead atoms. The van der Waals surface area contributed by atoms with Crippen molar-refractivity contribution in [1.29, 1.82) is 0 Å². The Kier molecular flexibility index (Phi) is 9.40. The molecular formula is C7H18ClNO. The average Bonchev–Trinajstić information content (AvgIpc) is 1.82. The van der Waals surface area contributed by atoms with Crippen molar-refractivity contribution in [2.45, 2.75) is 19.9 Å². The molecule has 1 N–H and O–H groups in total. The Balaban J connectivity index is 0. The van der Waals surface area contributed by atoms with E-state index in [4.69, 9.17) is 4.74 Å². The summed E-state index contributed by atoms with van der Waals surface area (Å²) >= 11 is 0. The second-order valence-corrected chi connectivity index (χ2v) is 2.59. The fourth-order valence-electron chi connectivity index (χ4n) is 0.789. The van der Waals surface area contributed by atoms with Gasteiger partial charge in [0.05, 0.1) is 6.61 Å². The van der Waals surface area contributed by atoms with Crippen LogP contribution >= 0.6 is 12.4 Å². The molecule has 64 valence electrons. The maximum absolute atomic E-state index is 4.99. The number of methoxy groups -OCH3 is 1. The minimum Gasteiger partial charge on any atom is -0.383 e. The lowest BCUT2D eigenvalue weighted by Gasteiger charge is -2.18. The van der Waals surface area contributed by atoms with Gasteiger partial charge in [-0.2, -0.15) is 0 Å². The van der Waals surface area contributed by atoms with Crippen molar-refractivity contribution in [1.82, 2.24) is 5.32 Å². The lowest BCUT2D eigenvalue weighted by molar-refractivity contribution is 0.151. The van der Waals surface area contributed by atoms with Crippen molar-refractivity contribution < 1.29 is 4.74 Å². The second kappa shape index (κ2) is 7.32. The van der Waals surface area contributed by atoms with Gasteiger partial charge in [0, 0.05) is 13.2 Å². The van der Waals surface area contributed by atoms with E-state index in [1.54, 1.807) is 7.11 Å². The summed E-state index contributed by atoms with van der Waals surface area (Å²) < 4.78 is 4.99. The second-order valence-electron chi connectivity index (χ2n) is 2.59. The zero-order valence-corrected chi connectivity index (χ0v) is 7.99. The number of halogens is 1. The van der Waals surface area contributed by atoms with Gasteiger partial charge in [-0.3, -0.25) is 0 Å². The molecule has 0 aromatic carbocycles. The largest absolute Gasteiger partial charge is 0.383 e. The summed E-state index contributed by atoms with van der Waals surface area (Å²) in [7, 11) is 3.69. The van der Waals surface area contributed by atoms with Crippen LogP contribution in [0.3, 0.4) is 0 Å². The van der Waals surface area contributed by atoms with Gasteiger partial charge in [0.25, 0.3) is 0 Å². The molecule has 0 amide bonds. The molecule has 0 aromatic heterocycles. The number of ether oxygens (including phenoxy) is 1. The zero-order valence-electron chi connectivity index (χ0n) is 7.18. The Bertz CT molecular complexity index is 68.6. The Morgan fingerprint density at radius 1 is 1.40 bits per heavy atom. The highest BCUT2D eigenvalue weighted by Gasteiger charge is 2.08. The van der Waals surface area contributed by atoms with Crippen LogP contribution in [-0.4, -0.2) is 26.8 Å². The Hall–Kier alpha value is 0.210. The van der Waals surface area contributed by atoms with Crippen LogP contribution in [0.15, 0.2) is 0 Å². The first-order chi connectivity index (χ1) is 4.22. The molecule has 2 nitrogen and oxygen atoms in total. The first-order valence-corrected chi connectivity index (χ1v) is 3.38. The van der Waals surface area contributed by atoms with Crippen LogP contribution in [-0.2, 0) is 4.74 Å². The van der Waals surface area contributed by atoms with Gasteiger partial charge in [-0.15, -0.1) is 12.4 Å². The normalized spacial score (nSPS) is 12.9. The molecule has 3 heteroatoms. The number of nitrogens with one attached hydrogen (secondary N) is 1. The van der Waals surface area contributed by atoms with Crippen LogP contribution in [0.1, 0.15) is 13.8 Å². The van der Waals surface area contributed by atoms with E-state index in [-0.39, 0.29) is 12.4 Å². The van der Waals surface area contributed by atoms with Crippen LogP contribution in [0.5, 0.6) is 0 Å². The summed E-state index contributed by atoms with van der Waals surface area (Å²) in [5.41, 5.74) is 0. The fraction of sp³-hybridized carbons (Fsp3) is 1.00. The van der Waals surface area contributed by atoms with Gasteiger partial charge in [0.15, 0.2) is 0 Å². The zero-order chi connectivity index (χ0) is 7.28. The highest BCUT2D eigenvalue weighted by atomic mass is 35.5. The Morgan fingerprint density at radius 2 is 1.90 bits per heavy atom. The molecule has 0 spiro atoms. The van der Waals surface area contributed by atoms with E-state index in [2.05, 4.69) is 19.2 Å². The fourth-order valence-corrected chi connectivity index (χ4v) is 0.789. The molecule has 0 aliphatic rings. The van der Waals surface area contributed by atoms with Gasteiger partial charge in [0.1, 0.15) is 0 Å². The van der Waals surface area contributed by atoms with Gasteiger partial charge in [-0.05, 0) is 13.0 Å². The van der Waals surface area contributed by atoms with Crippen molar-refractivity contribution in [3.05, 3.63) is 0 Å².